The summed E-state index contributed by atoms with van der Waals surface area (Å²) in [4.78, 5) is 16.8. The Morgan fingerprint density at radius 2 is 1.82 bits per heavy atom. The van der Waals surface area contributed by atoms with Crippen LogP contribution in [-0.4, -0.2) is 11.7 Å². The SMILES string of the molecule is O=C1ON=C(c2ccco2)/C1=C\c1cccc2ccccc12. The lowest BCUT2D eigenvalue weighted by atomic mass is 10.0. The molecule has 3 aromatic rings. The van der Waals surface area contributed by atoms with Crippen LogP contribution in [0.25, 0.3) is 16.8 Å². The molecule has 0 atom stereocenters. The average molecular weight is 289 g/mol. The van der Waals surface area contributed by atoms with Crippen LogP contribution in [0.3, 0.4) is 0 Å². The van der Waals surface area contributed by atoms with Gasteiger partial charge in [0.15, 0.2) is 11.5 Å². The number of furan rings is 1. The number of rotatable bonds is 2. The highest BCUT2D eigenvalue weighted by Gasteiger charge is 2.28. The number of hydrogen-bond acceptors (Lipinski definition) is 4. The van der Waals surface area contributed by atoms with Crippen LogP contribution in [0, 0.1) is 0 Å². The molecule has 0 spiro atoms. The van der Waals surface area contributed by atoms with Crippen LogP contribution in [0.15, 0.2) is 76.0 Å². The molecule has 1 aromatic heterocycles. The van der Waals surface area contributed by atoms with E-state index in [2.05, 4.69) is 5.16 Å². The summed E-state index contributed by atoms with van der Waals surface area (Å²) in [5.41, 5.74) is 1.75. The first-order valence-electron chi connectivity index (χ1n) is 6.86. The molecular weight excluding hydrogens is 278 g/mol. The summed E-state index contributed by atoms with van der Waals surface area (Å²) in [7, 11) is 0. The number of fused-ring (bicyclic) bond motifs is 1. The van der Waals surface area contributed by atoms with Crippen molar-refractivity contribution in [3.05, 3.63) is 77.8 Å². The largest absolute Gasteiger partial charge is 0.463 e. The van der Waals surface area contributed by atoms with Crippen LogP contribution in [0.2, 0.25) is 0 Å². The predicted molar refractivity (Wildman–Crippen MR) is 83.3 cm³/mol. The minimum atomic E-state index is -0.473. The Morgan fingerprint density at radius 1 is 0.955 bits per heavy atom. The molecule has 0 aliphatic carbocycles. The van der Waals surface area contributed by atoms with E-state index in [9.17, 15) is 4.79 Å². The van der Waals surface area contributed by atoms with Crippen LogP contribution in [0.1, 0.15) is 11.3 Å². The van der Waals surface area contributed by atoms with Gasteiger partial charge in [0.25, 0.3) is 0 Å². The van der Waals surface area contributed by atoms with Gasteiger partial charge in [-0.05, 0) is 34.5 Å². The van der Waals surface area contributed by atoms with Crippen molar-refractivity contribution in [1.82, 2.24) is 0 Å². The van der Waals surface area contributed by atoms with Gasteiger partial charge in [0, 0.05) is 0 Å². The molecule has 0 saturated heterocycles. The summed E-state index contributed by atoms with van der Waals surface area (Å²) in [5, 5.41) is 6.00. The fourth-order valence-electron chi connectivity index (χ4n) is 2.53. The first-order chi connectivity index (χ1) is 10.8. The van der Waals surface area contributed by atoms with Crippen molar-refractivity contribution in [2.75, 3.05) is 0 Å². The molecule has 0 bridgehead atoms. The molecule has 4 nitrogen and oxygen atoms in total. The normalized spacial score (nSPS) is 16.1. The fourth-order valence-corrected chi connectivity index (χ4v) is 2.53. The molecule has 4 heteroatoms. The molecule has 0 saturated carbocycles. The molecule has 0 fully saturated rings. The third-order valence-electron chi connectivity index (χ3n) is 3.57. The monoisotopic (exact) mass is 289 g/mol. The molecule has 2 aromatic carbocycles. The molecule has 0 radical (unpaired) electrons. The average Bonchev–Trinajstić information content (AvgIpc) is 3.18. The zero-order valence-electron chi connectivity index (χ0n) is 11.5. The third-order valence-corrected chi connectivity index (χ3v) is 3.57. The molecule has 2 heterocycles. The second-order valence-corrected chi connectivity index (χ2v) is 4.92. The molecular formula is C18H11NO3. The van der Waals surface area contributed by atoms with E-state index >= 15 is 0 Å². The number of nitrogens with zero attached hydrogens (tertiary/aromatic N) is 1. The Kier molecular flexibility index (Phi) is 2.86. The van der Waals surface area contributed by atoms with Crippen LogP contribution in [-0.2, 0) is 9.63 Å². The molecule has 0 amide bonds. The van der Waals surface area contributed by atoms with Crippen molar-refractivity contribution in [2.45, 2.75) is 0 Å². The van der Waals surface area contributed by atoms with Crippen molar-refractivity contribution in [2.24, 2.45) is 5.16 Å². The number of carbonyl (C=O) groups excluding carboxylic acids is 1. The minimum absolute atomic E-state index is 0.395. The van der Waals surface area contributed by atoms with Gasteiger partial charge in [0.2, 0.25) is 0 Å². The molecule has 106 valence electrons. The first-order valence-corrected chi connectivity index (χ1v) is 6.86. The Labute approximate surface area is 126 Å². The Morgan fingerprint density at radius 3 is 2.68 bits per heavy atom. The van der Waals surface area contributed by atoms with Crippen molar-refractivity contribution < 1.29 is 14.0 Å². The molecule has 0 N–H and O–H groups in total. The van der Waals surface area contributed by atoms with Gasteiger partial charge in [-0.25, -0.2) is 4.79 Å². The van der Waals surface area contributed by atoms with E-state index in [0.717, 1.165) is 16.3 Å². The number of oxime groups is 1. The maximum Gasteiger partial charge on any atom is 0.368 e. The zero-order valence-corrected chi connectivity index (χ0v) is 11.5. The lowest BCUT2D eigenvalue weighted by Gasteiger charge is -2.03. The summed E-state index contributed by atoms with van der Waals surface area (Å²) in [6.45, 7) is 0. The number of carbonyl (C=O) groups is 1. The summed E-state index contributed by atoms with van der Waals surface area (Å²) < 4.78 is 5.32. The van der Waals surface area contributed by atoms with Crippen LogP contribution >= 0.6 is 0 Å². The second-order valence-electron chi connectivity index (χ2n) is 4.92. The number of hydrogen-bond donors (Lipinski definition) is 0. The molecule has 0 unspecified atom stereocenters. The lowest BCUT2D eigenvalue weighted by molar-refractivity contribution is -0.136. The van der Waals surface area contributed by atoms with Crippen molar-refractivity contribution in [3.8, 4) is 0 Å². The maximum absolute atomic E-state index is 12.0. The van der Waals surface area contributed by atoms with Crippen molar-refractivity contribution in [3.63, 3.8) is 0 Å². The Balaban J connectivity index is 1.87. The van der Waals surface area contributed by atoms with Gasteiger partial charge in [0.05, 0.1) is 11.8 Å². The second kappa shape index (κ2) is 5.00. The molecule has 1 aliphatic rings. The topological polar surface area (TPSA) is 51.8 Å². The van der Waals surface area contributed by atoms with Crippen molar-refractivity contribution >= 4 is 28.5 Å². The summed E-state index contributed by atoms with van der Waals surface area (Å²) in [5.74, 6) is 0.0386. The number of benzene rings is 2. The van der Waals surface area contributed by atoms with E-state index in [1.54, 1.807) is 18.2 Å². The predicted octanol–water partition coefficient (Wildman–Crippen LogP) is 3.78. The van der Waals surface area contributed by atoms with Gasteiger partial charge >= 0.3 is 5.97 Å². The standard InChI is InChI=1S/C18H11NO3/c20-18-15(17(19-22-18)16-9-4-10-21-16)11-13-7-3-6-12-5-1-2-8-14(12)13/h1-11H/b15-11+. The quantitative estimate of drug-likeness (QED) is 0.533. The van der Waals surface area contributed by atoms with E-state index in [-0.39, 0.29) is 0 Å². The van der Waals surface area contributed by atoms with Gasteiger partial charge in [0.1, 0.15) is 0 Å². The molecule has 1 aliphatic heterocycles. The lowest BCUT2D eigenvalue weighted by Crippen LogP contribution is -2.05. The molecule has 4 rings (SSSR count). The summed E-state index contributed by atoms with van der Waals surface area (Å²) in [6, 6.07) is 17.5. The summed E-state index contributed by atoms with van der Waals surface area (Å²) in [6.07, 6.45) is 3.33. The summed E-state index contributed by atoms with van der Waals surface area (Å²) >= 11 is 0. The highest BCUT2D eigenvalue weighted by atomic mass is 16.7. The van der Waals surface area contributed by atoms with Crippen LogP contribution in [0.4, 0.5) is 0 Å². The fraction of sp³-hybridized carbons (Fsp3) is 0. The highest BCUT2D eigenvalue weighted by molar-refractivity contribution is 6.30. The maximum atomic E-state index is 12.0. The van der Waals surface area contributed by atoms with E-state index in [4.69, 9.17) is 9.25 Å². The van der Waals surface area contributed by atoms with E-state index in [0.29, 0.717) is 17.0 Å². The Bertz CT molecular complexity index is 915. The molecule has 22 heavy (non-hydrogen) atoms. The van der Waals surface area contributed by atoms with E-state index in [1.807, 2.05) is 42.5 Å². The third kappa shape index (κ3) is 2.02. The van der Waals surface area contributed by atoms with Gasteiger partial charge in [-0.1, -0.05) is 47.6 Å². The van der Waals surface area contributed by atoms with Gasteiger partial charge in [-0.2, -0.15) is 0 Å². The van der Waals surface area contributed by atoms with Crippen LogP contribution < -0.4 is 0 Å². The van der Waals surface area contributed by atoms with E-state index in [1.165, 1.54) is 6.26 Å². The van der Waals surface area contributed by atoms with E-state index < -0.39 is 5.97 Å². The van der Waals surface area contributed by atoms with Gasteiger partial charge in [-0.3, -0.25) is 0 Å². The zero-order chi connectivity index (χ0) is 14.9. The van der Waals surface area contributed by atoms with Crippen LogP contribution in [0.5, 0.6) is 0 Å². The first kappa shape index (κ1) is 12.6. The highest BCUT2D eigenvalue weighted by Crippen LogP contribution is 2.25. The Hall–Kier alpha value is -3.14. The van der Waals surface area contributed by atoms with Gasteiger partial charge < -0.3 is 9.25 Å². The van der Waals surface area contributed by atoms with Gasteiger partial charge in [-0.15, -0.1) is 0 Å². The smallest absolute Gasteiger partial charge is 0.368 e. The van der Waals surface area contributed by atoms with Crippen molar-refractivity contribution in [1.29, 1.82) is 0 Å². The minimum Gasteiger partial charge on any atom is -0.463 e.